The van der Waals surface area contributed by atoms with E-state index in [0.29, 0.717) is 18.0 Å². The van der Waals surface area contributed by atoms with Crippen LogP contribution in [0.5, 0.6) is 0 Å². The normalized spacial score (nSPS) is 23.6. The smallest absolute Gasteiger partial charge is 0.0947 e. The van der Waals surface area contributed by atoms with Crippen LogP contribution in [0.2, 0.25) is 0 Å². The molecule has 0 radical (unpaired) electrons. The summed E-state index contributed by atoms with van der Waals surface area (Å²) in [5, 5.41) is 3.71. The Labute approximate surface area is 127 Å². The van der Waals surface area contributed by atoms with Crippen molar-refractivity contribution in [1.82, 2.24) is 10.2 Å². The molecule has 0 saturated carbocycles. The van der Waals surface area contributed by atoms with E-state index in [9.17, 15) is 0 Å². The van der Waals surface area contributed by atoms with Gasteiger partial charge in [-0.15, -0.1) is 0 Å². The van der Waals surface area contributed by atoms with Crippen molar-refractivity contribution >= 4 is 0 Å². The van der Waals surface area contributed by atoms with E-state index in [4.69, 9.17) is 4.42 Å². The number of furan rings is 1. The second-order valence-corrected chi connectivity index (χ2v) is 6.24. The minimum Gasteiger partial charge on any atom is -0.472 e. The Kier molecular flexibility index (Phi) is 4.42. The van der Waals surface area contributed by atoms with Gasteiger partial charge in [-0.05, 0) is 17.5 Å². The summed E-state index contributed by atoms with van der Waals surface area (Å²) in [6.45, 7) is 7.65. The van der Waals surface area contributed by atoms with Gasteiger partial charge in [-0.1, -0.05) is 44.2 Å². The number of piperazine rings is 1. The van der Waals surface area contributed by atoms with Crippen LogP contribution >= 0.6 is 0 Å². The van der Waals surface area contributed by atoms with E-state index in [1.54, 1.807) is 6.26 Å². The first-order valence-electron chi connectivity index (χ1n) is 7.77. The second kappa shape index (κ2) is 6.46. The quantitative estimate of drug-likeness (QED) is 0.932. The third-order valence-electron chi connectivity index (χ3n) is 4.40. The third kappa shape index (κ3) is 3.36. The average molecular weight is 284 g/mol. The van der Waals surface area contributed by atoms with Gasteiger partial charge in [-0.2, -0.15) is 0 Å². The minimum absolute atomic E-state index is 0.410. The number of hydrogen-bond acceptors (Lipinski definition) is 3. The van der Waals surface area contributed by atoms with Crippen LogP contribution in [-0.2, 0) is 6.54 Å². The molecule has 3 nitrogen and oxygen atoms in total. The molecule has 1 aliphatic rings. The van der Waals surface area contributed by atoms with Crippen molar-refractivity contribution in [2.24, 2.45) is 5.92 Å². The topological polar surface area (TPSA) is 28.4 Å². The van der Waals surface area contributed by atoms with Gasteiger partial charge in [0.05, 0.1) is 12.5 Å². The highest BCUT2D eigenvalue weighted by Crippen LogP contribution is 2.24. The summed E-state index contributed by atoms with van der Waals surface area (Å²) < 4.78 is 5.22. The monoisotopic (exact) mass is 284 g/mol. The molecule has 0 spiro atoms. The van der Waals surface area contributed by atoms with Crippen LogP contribution in [0.25, 0.3) is 0 Å². The molecule has 112 valence electrons. The summed E-state index contributed by atoms with van der Waals surface area (Å²) in [6, 6.07) is 13.8. The predicted octanol–water partition coefficient (Wildman–Crippen LogP) is 3.45. The van der Waals surface area contributed by atoms with Crippen LogP contribution in [0, 0.1) is 5.92 Å². The van der Waals surface area contributed by atoms with Crippen molar-refractivity contribution in [3.8, 4) is 0 Å². The molecule has 3 heteroatoms. The molecule has 1 aromatic carbocycles. The van der Waals surface area contributed by atoms with Crippen molar-refractivity contribution in [2.45, 2.75) is 32.5 Å². The van der Waals surface area contributed by atoms with Gasteiger partial charge in [0.2, 0.25) is 0 Å². The number of hydrogen-bond donors (Lipinski definition) is 1. The lowest BCUT2D eigenvalue weighted by atomic mass is 9.95. The maximum Gasteiger partial charge on any atom is 0.0947 e. The molecule has 2 heterocycles. The molecule has 1 aromatic heterocycles. The average Bonchev–Trinajstić information content (AvgIpc) is 3.01. The van der Waals surface area contributed by atoms with Crippen LogP contribution in [0.1, 0.15) is 31.0 Å². The molecule has 2 unspecified atom stereocenters. The van der Waals surface area contributed by atoms with Crippen molar-refractivity contribution in [2.75, 3.05) is 13.1 Å². The van der Waals surface area contributed by atoms with Crippen molar-refractivity contribution < 1.29 is 4.42 Å². The first-order chi connectivity index (χ1) is 10.2. The zero-order chi connectivity index (χ0) is 14.7. The third-order valence-corrected chi connectivity index (χ3v) is 4.40. The summed E-state index contributed by atoms with van der Waals surface area (Å²) in [5.41, 5.74) is 2.63. The Morgan fingerprint density at radius 1 is 1.24 bits per heavy atom. The van der Waals surface area contributed by atoms with Crippen molar-refractivity contribution in [3.63, 3.8) is 0 Å². The number of nitrogens with one attached hydrogen (secondary N) is 1. The SMILES string of the molecule is CC(C)C1CNC(c2ccccc2)CN1Cc1ccoc1. The largest absolute Gasteiger partial charge is 0.472 e. The Morgan fingerprint density at radius 3 is 2.71 bits per heavy atom. The Bertz CT molecular complexity index is 536. The van der Waals surface area contributed by atoms with Gasteiger partial charge < -0.3 is 9.73 Å². The minimum atomic E-state index is 0.410. The molecule has 21 heavy (non-hydrogen) atoms. The molecule has 1 saturated heterocycles. The van der Waals surface area contributed by atoms with Gasteiger partial charge in [0.25, 0.3) is 0 Å². The predicted molar refractivity (Wildman–Crippen MR) is 84.9 cm³/mol. The fourth-order valence-electron chi connectivity index (χ4n) is 3.19. The summed E-state index contributed by atoms with van der Waals surface area (Å²) in [4.78, 5) is 2.59. The highest BCUT2D eigenvalue weighted by molar-refractivity contribution is 5.20. The fraction of sp³-hybridized carbons (Fsp3) is 0.444. The highest BCUT2D eigenvalue weighted by Gasteiger charge is 2.30. The van der Waals surface area contributed by atoms with E-state index in [1.807, 2.05) is 6.26 Å². The first-order valence-corrected chi connectivity index (χ1v) is 7.77. The van der Waals surface area contributed by atoms with Crippen molar-refractivity contribution in [1.29, 1.82) is 0 Å². The lowest BCUT2D eigenvalue weighted by Gasteiger charge is -2.42. The van der Waals surface area contributed by atoms with Gasteiger partial charge in [-0.25, -0.2) is 0 Å². The molecule has 1 fully saturated rings. The van der Waals surface area contributed by atoms with E-state index in [0.717, 1.165) is 19.6 Å². The van der Waals surface area contributed by atoms with E-state index >= 15 is 0 Å². The molecule has 2 aromatic rings. The summed E-state index contributed by atoms with van der Waals surface area (Å²) in [6.07, 6.45) is 3.62. The maximum atomic E-state index is 5.22. The molecule has 0 aliphatic carbocycles. The lowest BCUT2D eigenvalue weighted by Crippen LogP contribution is -2.54. The highest BCUT2D eigenvalue weighted by atomic mass is 16.3. The number of nitrogens with zero attached hydrogens (tertiary/aromatic N) is 1. The summed E-state index contributed by atoms with van der Waals surface area (Å²) in [5.74, 6) is 0.640. The molecule has 1 aliphatic heterocycles. The van der Waals surface area contributed by atoms with Crippen LogP contribution < -0.4 is 5.32 Å². The number of rotatable bonds is 4. The van der Waals surface area contributed by atoms with E-state index in [1.165, 1.54) is 11.1 Å². The maximum absolute atomic E-state index is 5.22. The Morgan fingerprint density at radius 2 is 2.05 bits per heavy atom. The van der Waals surface area contributed by atoms with Crippen LogP contribution in [-0.4, -0.2) is 24.0 Å². The molecular weight excluding hydrogens is 260 g/mol. The van der Waals surface area contributed by atoms with E-state index in [-0.39, 0.29) is 0 Å². The van der Waals surface area contributed by atoms with Gasteiger partial charge in [-0.3, -0.25) is 4.90 Å². The summed E-state index contributed by atoms with van der Waals surface area (Å²) in [7, 11) is 0. The van der Waals surface area contributed by atoms with Crippen LogP contribution in [0.3, 0.4) is 0 Å². The standard InChI is InChI=1S/C18H24N2O/c1-14(2)18-10-19-17(16-6-4-3-5-7-16)12-20(18)11-15-8-9-21-13-15/h3-9,13-14,17-19H,10-12H2,1-2H3. The zero-order valence-electron chi connectivity index (χ0n) is 12.8. The van der Waals surface area contributed by atoms with Gasteiger partial charge in [0.1, 0.15) is 0 Å². The van der Waals surface area contributed by atoms with Crippen LogP contribution in [0.15, 0.2) is 53.3 Å². The van der Waals surface area contributed by atoms with Gasteiger partial charge >= 0.3 is 0 Å². The number of benzene rings is 1. The Hall–Kier alpha value is -1.58. The molecular formula is C18H24N2O. The molecule has 0 bridgehead atoms. The molecule has 1 N–H and O–H groups in total. The van der Waals surface area contributed by atoms with Crippen molar-refractivity contribution in [3.05, 3.63) is 60.1 Å². The summed E-state index contributed by atoms with van der Waals surface area (Å²) >= 11 is 0. The molecule has 2 atom stereocenters. The van der Waals surface area contributed by atoms with E-state index in [2.05, 4.69) is 60.5 Å². The second-order valence-electron chi connectivity index (χ2n) is 6.24. The van der Waals surface area contributed by atoms with E-state index < -0.39 is 0 Å². The van der Waals surface area contributed by atoms with Crippen LogP contribution in [0.4, 0.5) is 0 Å². The molecule has 3 rings (SSSR count). The fourth-order valence-corrected chi connectivity index (χ4v) is 3.19. The molecule has 0 amide bonds. The van der Waals surface area contributed by atoms with Gasteiger partial charge in [0, 0.05) is 37.3 Å². The lowest BCUT2D eigenvalue weighted by molar-refractivity contribution is 0.0909. The van der Waals surface area contributed by atoms with Gasteiger partial charge in [0.15, 0.2) is 0 Å². The first kappa shape index (κ1) is 14.4. The Balaban J connectivity index is 1.75. The zero-order valence-corrected chi connectivity index (χ0v) is 12.8.